The van der Waals surface area contributed by atoms with E-state index in [2.05, 4.69) is 0 Å². The molecular weight excluding hydrogens is 272 g/mol. The molecule has 0 aromatic heterocycles. The molecule has 0 bridgehead atoms. The Hall–Kier alpha value is -0.910. The summed E-state index contributed by atoms with van der Waals surface area (Å²) in [5.74, 6) is 0.188. The third-order valence-electron chi connectivity index (χ3n) is 3.25. The molecule has 1 rings (SSSR count). The minimum atomic E-state index is -3.20. The Kier molecular flexibility index (Phi) is 5.74. The predicted octanol–water partition coefficient (Wildman–Crippen LogP) is 2.34. The summed E-state index contributed by atoms with van der Waals surface area (Å²) < 4.78 is 25.8. The molecule has 0 heterocycles. The van der Waals surface area contributed by atoms with Crippen molar-refractivity contribution in [3.63, 3.8) is 0 Å². The van der Waals surface area contributed by atoms with E-state index in [0.29, 0.717) is 19.5 Å². The summed E-state index contributed by atoms with van der Waals surface area (Å²) in [7, 11) is -1.56. The number of hydrogen-bond acceptors (Lipinski definition) is 3. The van der Waals surface area contributed by atoms with E-state index in [4.69, 9.17) is 5.73 Å². The zero-order valence-electron chi connectivity index (χ0n) is 12.9. The molecule has 0 saturated heterocycles. The van der Waals surface area contributed by atoms with E-state index in [0.717, 1.165) is 11.1 Å². The Labute approximate surface area is 123 Å². The van der Waals surface area contributed by atoms with Crippen molar-refractivity contribution in [3.05, 3.63) is 35.4 Å². The smallest absolute Gasteiger partial charge is 0.214 e. The SMILES string of the molecule is CN(Cc1ccc(CN)cc1)S(=O)(=O)CCC(C)(C)C. The van der Waals surface area contributed by atoms with Gasteiger partial charge in [-0.15, -0.1) is 0 Å². The Morgan fingerprint density at radius 2 is 1.60 bits per heavy atom. The Morgan fingerprint density at radius 3 is 2.05 bits per heavy atom. The second-order valence-corrected chi connectivity index (χ2v) is 8.60. The van der Waals surface area contributed by atoms with Gasteiger partial charge >= 0.3 is 0 Å². The number of hydrogen-bond donors (Lipinski definition) is 1. The Bertz CT molecular complexity index is 516. The maximum absolute atomic E-state index is 12.2. The summed E-state index contributed by atoms with van der Waals surface area (Å²) in [6, 6.07) is 7.73. The normalized spacial score (nSPS) is 12.9. The Balaban J connectivity index is 2.66. The van der Waals surface area contributed by atoms with Crippen LogP contribution in [0.15, 0.2) is 24.3 Å². The molecule has 0 aliphatic rings. The average Bonchev–Trinajstić information content (AvgIpc) is 2.36. The lowest BCUT2D eigenvalue weighted by molar-refractivity contribution is 0.388. The van der Waals surface area contributed by atoms with E-state index in [1.54, 1.807) is 7.05 Å². The average molecular weight is 298 g/mol. The molecule has 0 fully saturated rings. The molecule has 5 heteroatoms. The highest BCUT2D eigenvalue weighted by Crippen LogP contribution is 2.20. The van der Waals surface area contributed by atoms with Crippen molar-refractivity contribution < 1.29 is 8.42 Å². The van der Waals surface area contributed by atoms with Crippen molar-refractivity contribution in [3.8, 4) is 0 Å². The van der Waals surface area contributed by atoms with Gasteiger partial charge in [0.1, 0.15) is 0 Å². The second kappa shape index (κ2) is 6.70. The topological polar surface area (TPSA) is 63.4 Å². The van der Waals surface area contributed by atoms with E-state index in [9.17, 15) is 8.42 Å². The second-order valence-electron chi connectivity index (χ2n) is 6.40. The number of sulfonamides is 1. The van der Waals surface area contributed by atoms with Gasteiger partial charge in [0.05, 0.1) is 5.75 Å². The van der Waals surface area contributed by atoms with Crippen molar-refractivity contribution in [2.24, 2.45) is 11.1 Å². The van der Waals surface area contributed by atoms with Crippen LogP contribution in [0.2, 0.25) is 0 Å². The molecule has 0 saturated carbocycles. The van der Waals surface area contributed by atoms with Crippen LogP contribution in [0.3, 0.4) is 0 Å². The predicted molar refractivity (Wildman–Crippen MR) is 83.7 cm³/mol. The van der Waals surface area contributed by atoms with Crippen LogP contribution in [0.25, 0.3) is 0 Å². The molecule has 0 spiro atoms. The highest BCUT2D eigenvalue weighted by Gasteiger charge is 2.21. The van der Waals surface area contributed by atoms with Crippen LogP contribution in [0, 0.1) is 5.41 Å². The van der Waals surface area contributed by atoms with Crippen LogP contribution in [0.1, 0.15) is 38.3 Å². The van der Waals surface area contributed by atoms with Gasteiger partial charge in [-0.25, -0.2) is 12.7 Å². The van der Waals surface area contributed by atoms with Crippen molar-refractivity contribution in [2.45, 2.75) is 40.3 Å². The van der Waals surface area contributed by atoms with Gasteiger partial charge in [0, 0.05) is 20.1 Å². The van der Waals surface area contributed by atoms with E-state index >= 15 is 0 Å². The number of benzene rings is 1. The molecule has 20 heavy (non-hydrogen) atoms. The summed E-state index contributed by atoms with van der Waals surface area (Å²) >= 11 is 0. The summed E-state index contributed by atoms with van der Waals surface area (Å²) in [5, 5.41) is 0. The van der Waals surface area contributed by atoms with Crippen molar-refractivity contribution in [1.82, 2.24) is 4.31 Å². The third kappa shape index (κ3) is 5.61. The first kappa shape index (κ1) is 17.1. The molecule has 1 aromatic rings. The molecule has 0 aliphatic carbocycles. The minimum absolute atomic E-state index is 0.0245. The van der Waals surface area contributed by atoms with Gasteiger partial charge in [-0.1, -0.05) is 45.0 Å². The fourth-order valence-corrected chi connectivity index (χ4v) is 3.25. The maximum Gasteiger partial charge on any atom is 0.214 e. The monoisotopic (exact) mass is 298 g/mol. The minimum Gasteiger partial charge on any atom is -0.326 e. The van der Waals surface area contributed by atoms with Crippen LogP contribution in [-0.2, 0) is 23.1 Å². The molecular formula is C15H26N2O2S. The van der Waals surface area contributed by atoms with Gasteiger partial charge < -0.3 is 5.73 Å². The first-order valence-electron chi connectivity index (χ1n) is 6.86. The number of nitrogens with zero attached hydrogens (tertiary/aromatic N) is 1. The van der Waals surface area contributed by atoms with Gasteiger partial charge in [-0.3, -0.25) is 0 Å². The third-order valence-corrected chi connectivity index (χ3v) is 5.05. The molecule has 114 valence electrons. The van der Waals surface area contributed by atoms with E-state index in [1.165, 1.54) is 4.31 Å². The summed E-state index contributed by atoms with van der Waals surface area (Å²) in [5.41, 5.74) is 7.59. The van der Waals surface area contributed by atoms with E-state index in [1.807, 2.05) is 45.0 Å². The van der Waals surface area contributed by atoms with Gasteiger partial charge in [0.2, 0.25) is 10.0 Å². The first-order valence-corrected chi connectivity index (χ1v) is 8.47. The molecule has 1 aromatic carbocycles. The van der Waals surface area contributed by atoms with E-state index in [-0.39, 0.29) is 11.2 Å². The summed E-state index contributed by atoms with van der Waals surface area (Å²) in [4.78, 5) is 0. The van der Waals surface area contributed by atoms with Crippen LogP contribution >= 0.6 is 0 Å². The largest absolute Gasteiger partial charge is 0.326 e. The van der Waals surface area contributed by atoms with Gasteiger partial charge in [0.25, 0.3) is 0 Å². The summed E-state index contributed by atoms with van der Waals surface area (Å²) in [6.45, 7) is 7.05. The molecule has 2 N–H and O–H groups in total. The first-order chi connectivity index (χ1) is 9.14. The highest BCUT2D eigenvalue weighted by atomic mass is 32.2. The molecule has 0 amide bonds. The standard InChI is InChI=1S/C15H26N2O2S/c1-15(2,3)9-10-20(18,19)17(4)12-14-7-5-13(11-16)6-8-14/h5-8H,9-12,16H2,1-4H3. The number of nitrogens with two attached hydrogens (primary N) is 1. The lowest BCUT2D eigenvalue weighted by Crippen LogP contribution is -2.30. The van der Waals surface area contributed by atoms with Crippen molar-refractivity contribution in [1.29, 1.82) is 0 Å². The maximum atomic E-state index is 12.2. The highest BCUT2D eigenvalue weighted by molar-refractivity contribution is 7.89. The van der Waals surface area contributed by atoms with Crippen LogP contribution in [0.4, 0.5) is 0 Å². The zero-order chi connectivity index (χ0) is 15.4. The molecule has 4 nitrogen and oxygen atoms in total. The molecule has 0 atom stereocenters. The van der Waals surface area contributed by atoms with Crippen LogP contribution in [-0.4, -0.2) is 25.5 Å². The fraction of sp³-hybridized carbons (Fsp3) is 0.600. The lowest BCUT2D eigenvalue weighted by atomic mass is 9.94. The van der Waals surface area contributed by atoms with Crippen molar-refractivity contribution >= 4 is 10.0 Å². The van der Waals surface area contributed by atoms with E-state index < -0.39 is 10.0 Å². The fourth-order valence-electron chi connectivity index (χ4n) is 1.73. The summed E-state index contributed by atoms with van der Waals surface area (Å²) in [6.07, 6.45) is 0.659. The molecule has 0 aliphatic heterocycles. The quantitative estimate of drug-likeness (QED) is 0.877. The van der Waals surface area contributed by atoms with Crippen LogP contribution < -0.4 is 5.73 Å². The molecule has 0 unspecified atom stereocenters. The number of rotatable bonds is 6. The van der Waals surface area contributed by atoms with Gasteiger partial charge in [-0.2, -0.15) is 0 Å². The Morgan fingerprint density at radius 1 is 1.10 bits per heavy atom. The van der Waals surface area contributed by atoms with Gasteiger partial charge in [0.15, 0.2) is 0 Å². The van der Waals surface area contributed by atoms with Gasteiger partial charge in [-0.05, 0) is 23.0 Å². The molecule has 0 radical (unpaired) electrons. The lowest BCUT2D eigenvalue weighted by Gasteiger charge is -2.22. The van der Waals surface area contributed by atoms with Crippen molar-refractivity contribution in [2.75, 3.05) is 12.8 Å². The van der Waals surface area contributed by atoms with Crippen LogP contribution in [0.5, 0.6) is 0 Å². The zero-order valence-corrected chi connectivity index (χ0v) is 13.7.